The largest absolute Gasteiger partial charge is 0.416 e. The van der Waals surface area contributed by atoms with Crippen molar-refractivity contribution in [3.8, 4) is 0 Å². The van der Waals surface area contributed by atoms with Crippen LogP contribution >= 0.6 is 0 Å². The highest BCUT2D eigenvalue weighted by atomic mass is 32.2. The first-order chi connectivity index (χ1) is 9.38. The van der Waals surface area contributed by atoms with E-state index in [4.69, 9.17) is 5.73 Å². The molecule has 0 radical (unpaired) electrons. The Morgan fingerprint density at radius 1 is 1.25 bits per heavy atom. The van der Waals surface area contributed by atoms with Gasteiger partial charge in [0.2, 0.25) is 0 Å². The van der Waals surface area contributed by atoms with Crippen LogP contribution in [0.4, 0.5) is 18.9 Å². The van der Waals surface area contributed by atoms with Crippen LogP contribution in [0.2, 0.25) is 0 Å². The van der Waals surface area contributed by atoms with Crippen molar-refractivity contribution in [1.82, 2.24) is 4.98 Å². The molecule has 7 heteroatoms. The van der Waals surface area contributed by atoms with Crippen LogP contribution in [-0.4, -0.2) is 9.19 Å². The average molecular weight is 300 g/mol. The van der Waals surface area contributed by atoms with Crippen LogP contribution in [0.15, 0.2) is 47.6 Å². The predicted molar refractivity (Wildman–Crippen MR) is 70.2 cm³/mol. The van der Waals surface area contributed by atoms with Gasteiger partial charge >= 0.3 is 6.18 Å². The summed E-state index contributed by atoms with van der Waals surface area (Å²) in [7, 11) is -1.51. The number of pyridine rings is 1. The zero-order valence-electron chi connectivity index (χ0n) is 10.2. The van der Waals surface area contributed by atoms with Gasteiger partial charge in [0.05, 0.1) is 27.0 Å². The lowest BCUT2D eigenvalue weighted by atomic mass is 10.2. The summed E-state index contributed by atoms with van der Waals surface area (Å²) < 4.78 is 49.6. The quantitative estimate of drug-likeness (QED) is 0.887. The van der Waals surface area contributed by atoms with Gasteiger partial charge in [-0.25, -0.2) is 0 Å². The van der Waals surface area contributed by atoms with Crippen molar-refractivity contribution in [2.45, 2.75) is 16.8 Å². The number of nitrogens with zero attached hydrogens (tertiary/aromatic N) is 1. The number of rotatable bonds is 3. The molecule has 20 heavy (non-hydrogen) atoms. The minimum Gasteiger partial charge on any atom is -0.398 e. The van der Waals surface area contributed by atoms with Gasteiger partial charge in [0.25, 0.3) is 0 Å². The summed E-state index contributed by atoms with van der Waals surface area (Å²) in [6.07, 6.45) is -1.32. The van der Waals surface area contributed by atoms with Gasteiger partial charge in [-0.05, 0) is 29.8 Å². The summed E-state index contributed by atoms with van der Waals surface area (Å²) in [5.41, 5.74) is 5.32. The molecule has 1 heterocycles. The minimum absolute atomic E-state index is 0.123. The highest BCUT2D eigenvalue weighted by Gasteiger charge is 2.31. The Bertz CT molecular complexity index is 629. The van der Waals surface area contributed by atoms with E-state index >= 15 is 0 Å². The van der Waals surface area contributed by atoms with E-state index in [9.17, 15) is 17.4 Å². The zero-order valence-corrected chi connectivity index (χ0v) is 11.0. The summed E-state index contributed by atoms with van der Waals surface area (Å²) >= 11 is 0. The molecule has 0 amide bonds. The van der Waals surface area contributed by atoms with Crippen LogP contribution in [-0.2, 0) is 22.7 Å². The molecular weight excluding hydrogens is 289 g/mol. The first-order valence-electron chi connectivity index (χ1n) is 5.62. The summed E-state index contributed by atoms with van der Waals surface area (Å²) in [5, 5.41) is 0. The van der Waals surface area contributed by atoms with Crippen LogP contribution in [0.3, 0.4) is 0 Å². The van der Waals surface area contributed by atoms with E-state index in [1.54, 1.807) is 24.5 Å². The number of hydrogen-bond donors (Lipinski definition) is 1. The molecule has 3 nitrogen and oxygen atoms in total. The van der Waals surface area contributed by atoms with Crippen LogP contribution in [0.5, 0.6) is 0 Å². The van der Waals surface area contributed by atoms with E-state index < -0.39 is 22.5 Å². The Hall–Kier alpha value is -1.89. The number of benzene rings is 1. The monoisotopic (exact) mass is 300 g/mol. The third-order valence-electron chi connectivity index (χ3n) is 2.60. The minimum atomic E-state index is -4.46. The summed E-state index contributed by atoms with van der Waals surface area (Å²) in [6.45, 7) is 0. The van der Waals surface area contributed by atoms with Crippen LogP contribution in [0.25, 0.3) is 0 Å². The fourth-order valence-corrected chi connectivity index (χ4v) is 2.82. The van der Waals surface area contributed by atoms with Crippen molar-refractivity contribution in [1.29, 1.82) is 0 Å². The lowest BCUT2D eigenvalue weighted by molar-refractivity contribution is -0.137. The molecule has 0 spiro atoms. The molecule has 1 atom stereocenters. The number of aromatic nitrogens is 1. The molecular formula is C13H11F3N2OS. The molecule has 1 aromatic heterocycles. The van der Waals surface area contributed by atoms with E-state index in [1.807, 2.05) is 0 Å². The number of halogens is 3. The van der Waals surface area contributed by atoms with Crippen molar-refractivity contribution in [2.24, 2.45) is 0 Å². The second-order valence-corrected chi connectivity index (χ2v) is 5.52. The summed E-state index contributed by atoms with van der Waals surface area (Å²) in [4.78, 5) is 4.08. The summed E-state index contributed by atoms with van der Waals surface area (Å²) in [5.74, 6) is 0.156. The van der Waals surface area contributed by atoms with Crippen molar-refractivity contribution in [3.63, 3.8) is 0 Å². The molecule has 106 valence electrons. The normalized spacial score (nSPS) is 13.2. The lowest BCUT2D eigenvalue weighted by Crippen LogP contribution is -2.08. The van der Waals surface area contributed by atoms with Crippen molar-refractivity contribution in [2.75, 3.05) is 5.73 Å². The fraction of sp³-hybridized carbons (Fsp3) is 0.154. The molecule has 1 aromatic carbocycles. The molecule has 1 unspecified atom stereocenters. The Morgan fingerprint density at radius 3 is 2.55 bits per heavy atom. The predicted octanol–water partition coefficient (Wildman–Crippen LogP) is 2.99. The smallest absolute Gasteiger partial charge is 0.398 e. The van der Waals surface area contributed by atoms with Gasteiger partial charge in [0.1, 0.15) is 0 Å². The molecule has 0 fully saturated rings. The van der Waals surface area contributed by atoms with Gasteiger partial charge < -0.3 is 5.73 Å². The Balaban J connectivity index is 2.23. The molecule has 0 aliphatic rings. The lowest BCUT2D eigenvalue weighted by Gasteiger charge is -2.10. The second-order valence-electron chi connectivity index (χ2n) is 4.10. The second kappa shape index (κ2) is 5.62. The molecule has 0 saturated carbocycles. The maximum Gasteiger partial charge on any atom is 0.416 e. The van der Waals surface area contributed by atoms with Crippen LogP contribution < -0.4 is 5.73 Å². The number of hydrogen-bond acceptors (Lipinski definition) is 3. The van der Waals surface area contributed by atoms with E-state index in [0.29, 0.717) is 0 Å². The fourth-order valence-electron chi connectivity index (χ4n) is 1.64. The third-order valence-corrected chi connectivity index (χ3v) is 4.06. The van der Waals surface area contributed by atoms with Gasteiger partial charge in [-0.3, -0.25) is 9.19 Å². The van der Waals surface area contributed by atoms with Gasteiger partial charge in [0.15, 0.2) is 0 Å². The molecule has 0 aliphatic heterocycles. The van der Waals surface area contributed by atoms with Crippen LogP contribution in [0, 0.1) is 0 Å². The molecule has 2 N–H and O–H groups in total. The average Bonchev–Trinajstić information content (AvgIpc) is 2.38. The third kappa shape index (κ3) is 3.36. The van der Waals surface area contributed by atoms with Gasteiger partial charge in [-0.15, -0.1) is 0 Å². The number of nitrogens with two attached hydrogens (primary N) is 1. The first-order valence-corrected chi connectivity index (χ1v) is 6.94. The standard InChI is InChI=1S/C13H11F3N2OS/c14-13(15,16)10-3-4-12(11(17)6-10)20(19)8-9-2-1-5-18-7-9/h1-7H,8,17H2. The number of anilines is 1. The molecule has 0 saturated heterocycles. The van der Waals surface area contributed by atoms with E-state index in [0.717, 1.165) is 23.8 Å². The molecule has 0 bridgehead atoms. The van der Waals surface area contributed by atoms with Crippen molar-refractivity contribution < 1.29 is 17.4 Å². The molecule has 2 rings (SSSR count). The highest BCUT2D eigenvalue weighted by Crippen LogP contribution is 2.32. The van der Waals surface area contributed by atoms with Gasteiger partial charge in [-0.1, -0.05) is 6.07 Å². The van der Waals surface area contributed by atoms with Crippen LogP contribution in [0.1, 0.15) is 11.1 Å². The van der Waals surface area contributed by atoms with Crippen molar-refractivity contribution >= 4 is 16.5 Å². The first kappa shape index (κ1) is 14.5. The van der Waals surface area contributed by atoms with E-state index in [2.05, 4.69) is 4.98 Å². The zero-order chi connectivity index (χ0) is 14.8. The highest BCUT2D eigenvalue weighted by molar-refractivity contribution is 7.84. The molecule has 2 aromatic rings. The van der Waals surface area contributed by atoms with Gasteiger partial charge in [0, 0.05) is 18.1 Å². The summed E-state index contributed by atoms with van der Waals surface area (Å²) in [6, 6.07) is 6.28. The maximum absolute atomic E-state index is 12.5. The number of nitrogen functional groups attached to an aromatic ring is 1. The SMILES string of the molecule is Nc1cc(C(F)(F)F)ccc1S(=O)Cc1cccnc1. The topological polar surface area (TPSA) is 56.0 Å². The molecule has 0 aliphatic carbocycles. The Kier molecular flexibility index (Phi) is 4.08. The van der Waals surface area contributed by atoms with E-state index in [1.165, 1.54) is 0 Å². The Morgan fingerprint density at radius 2 is 2.00 bits per heavy atom. The van der Waals surface area contributed by atoms with Gasteiger partial charge in [-0.2, -0.15) is 13.2 Å². The van der Waals surface area contributed by atoms with E-state index in [-0.39, 0.29) is 16.3 Å². The Labute approximate surface area is 116 Å². The maximum atomic E-state index is 12.5. The number of alkyl halides is 3. The van der Waals surface area contributed by atoms with Crippen molar-refractivity contribution in [3.05, 3.63) is 53.9 Å².